The second-order valence-electron chi connectivity index (χ2n) is 3.52. The van der Waals surface area contributed by atoms with Gasteiger partial charge in [0.2, 0.25) is 0 Å². The number of ether oxygens (including phenoxy) is 1. The molecule has 0 spiro atoms. The molecule has 0 fully saturated rings. The predicted octanol–water partition coefficient (Wildman–Crippen LogP) is 0.870. The van der Waals surface area contributed by atoms with E-state index >= 15 is 0 Å². The summed E-state index contributed by atoms with van der Waals surface area (Å²) in [6.07, 6.45) is 6.99. The van der Waals surface area contributed by atoms with Crippen molar-refractivity contribution in [2.45, 2.75) is 0 Å². The number of esters is 1. The van der Waals surface area contributed by atoms with Crippen LogP contribution in [0.2, 0.25) is 0 Å². The molecule has 2 rings (SSSR count). The Morgan fingerprint density at radius 3 is 2.79 bits per heavy atom. The van der Waals surface area contributed by atoms with Crippen LogP contribution < -0.4 is 0 Å². The summed E-state index contributed by atoms with van der Waals surface area (Å²) in [5, 5.41) is 7.41. The molecule has 94 valence electrons. The van der Waals surface area contributed by atoms with Gasteiger partial charge < -0.3 is 4.74 Å². The van der Waals surface area contributed by atoms with E-state index in [-0.39, 0.29) is 6.61 Å². The summed E-state index contributed by atoms with van der Waals surface area (Å²) in [7, 11) is 0. The van der Waals surface area contributed by atoms with Crippen LogP contribution in [0.1, 0.15) is 20.8 Å². The molecule has 0 aliphatic rings. The fourth-order valence-electron chi connectivity index (χ4n) is 1.45. The highest BCUT2D eigenvalue weighted by atomic mass is 16.5. The Morgan fingerprint density at radius 1 is 1.42 bits per heavy atom. The van der Waals surface area contributed by atoms with Crippen LogP contribution in [0.4, 0.5) is 0 Å². The van der Waals surface area contributed by atoms with E-state index in [1.54, 1.807) is 24.3 Å². The van der Waals surface area contributed by atoms with E-state index in [2.05, 4.69) is 16.2 Å². The zero-order valence-corrected chi connectivity index (χ0v) is 9.81. The summed E-state index contributed by atoms with van der Waals surface area (Å²) >= 11 is 0. The third kappa shape index (κ3) is 2.66. The van der Waals surface area contributed by atoms with Gasteiger partial charge in [0.1, 0.15) is 5.69 Å². The molecule has 0 saturated heterocycles. The van der Waals surface area contributed by atoms with Gasteiger partial charge in [0.25, 0.3) is 0 Å². The fourth-order valence-corrected chi connectivity index (χ4v) is 1.45. The number of terminal acetylenes is 1. The van der Waals surface area contributed by atoms with Crippen LogP contribution in [0.5, 0.6) is 0 Å². The Hall–Kier alpha value is -2.94. The minimum absolute atomic E-state index is 0.0705. The number of aldehydes is 1. The minimum atomic E-state index is -0.501. The van der Waals surface area contributed by atoms with Gasteiger partial charge in [-0.15, -0.1) is 11.5 Å². The zero-order chi connectivity index (χ0) is 13.7. The van der Waals surface area contributed by atoms with Crippen LogP contribution in [0.15, 0.2) is 30.5 Å². The smallest absolute Gasteiger partial charge is 0.339 e. The average molecular weight is 255 g/mol. The summed E-state index contributed by atoms with van der Waals surface area (Å²) in [6, 6.07) is 6.39. The summed E-state index contributed by atoms with van der Waals surface area (Å²) < 4.78 is 6.15. The highest BCUT2D eigenvalue weighted by Gasteiger charge is 2.08. The molecule has 0 radical (unpaired) electrons. The Bertz CT molecular complexity index is 638. The molecule has 19 heavy (non-hydrogen) atoms. The Morgan fingerprint density at radius 2 is 2.16 bits per heavy atom. The van der Waals surface area contributed by atoms with E-state index < -0.39 is 5.97 Å². The molecule has 6 nitrogen and oxygen atoms in total. The van der Waals surface area contributed by atoms with Crippen LogP contribution in [0.3, 0.4) is 0 Å². The lowest BCUT2D eigenvalue weighted by Gasteiger charge is -2.04. The van der Waals surface area contributed by atoms with Crippen molar-refractivity contribution in [1.82, 2.24) is 15.0 Å². The lowest BCUT2D eigenvalue weighted by Crippen LogP contribution is -2.06. The first-order chi connectivity index (χ1) is 9.26. The number of rotatable bonds is 4. The van der Waals surface area contributed by atoms with Gasteiger partial charge in [-0.2, -0.15) is 0 Å². The van der Waals surface area contributed by atoms with Crippen LogP contribution in [-0.4, -0.2) is 33.9 Å². The Labute approximate surface area is 109 Å². The van der Waals surface area contributed by atoms with Gasteiger partial charge in [-0.1, -0.05) is 11.1 Å². The quantitative estimate of drug-likeness (QED) is 0.460. The lowest BCUT2D eigenvalue weighted by molar-refractivity contribution is 0.0556. The van der Waals surface area contributed by atoms with Crippen molar-refractivity contribution in [1.29, 1.82) is 0 Å². The molecule has 0 bridgehead atoms. The number of carbonyl (C=O) groups excluding carboxylic acids is 2. The normalized spacial score (nSPS) is 9.63. The van der Waals surface area contributed by atoms with Gasteiger partial charge in [-0.25, -0.2) is 9.48 Å². The first-order valence-electron chi connectivity index (χ1n) is 5.33. The lowest BCUT2D eigenvalue weighted by atomic mass is 10.2. The number of hydrogen-bond acceptors (Lipinski definition) is 5. The van der Waals surface area contributed by atoms with Crippen molar-refractivity contribution < 1.29 is 14.3 Å². The number of hydrogen-bond donors (Lipinski definition) is 0. The van der Waals surface area contributed by atoms with E-state index in [4.69, 9.17) is 11.2 Å². The van der Waals surface area contributed by atoms with E-state index in [0.29, 0.717) is 23.2 Å². The van der Waals surface area contributed by atoms with Gasteiger partial charge >= 0.3 is 5.97 Å². The topological polar surface area (TPSA) is 74.1 Å². The summed E-state index contributed by atoms with van der Waals surface area (Å²) in [4.78, 5) is 22.3. The number of carbonyl (C=O) groups is 2. The van der Waals surface area contributed by atoms with Gasteiger partial charge in [0, 0.05) is 0 Å². The van der Waals surface area contributed by atoms with Crippen LogP contribution in [0.25, 0.3) is 5.69 Å². The van der Waals surface area contributed by atoms with E-state index in [1.807, 2.05) is 0 Å². The van der Waals surface area contributed by atoms with E-state index in [9.17, 15) is 9.59 Å². The highest BCUT2D eigenvalue weighted by molar-refractivity contribution is 5.89. The molecule has 0 aliphatic carbocycles. The Kier molecular flexibility index (Phi) is 3.69. The van der Waals surface area contributed by atoms with E-state index in [0.717, 1.165) is 0 Å². The molecule has 0 aliphatic heterocycles. The van der Waals surface area contributed by atoms with Crippen molar-refractivity contribution in [3.63, 3.8) is 0 Å². The van der Waals surface area contributed by atoms with Crippen LogP contribution >= 0.6 is 0 Å². The molecular formula is C13H9N3O3. The van der Waals surface area contributed by atoms with E-state index in [1.165, 1.54) is 10.9 Å². The van der Waals surface area contributed by atoms with Gasteiger partial charge in [-0.3, -0.25) is 4.79 Å². The third-order valence-electron chi connectivity index (χ3n) is 2.33. The highest BCUT2D eigenvalue weighted by Crippen LogP contribution is 2.11. The van der Waals surface area contributed by atoms with Crippen molar-refractivity contribution in [2.75, 3.05) is 6.61 Å². The predicted molar refractivity (Wildman–Crippen MR) is 65.9 cm³/mol. The Balaban J connectivity index is 2.22. The van der Waals surface area contributed by atoms with Crippen LogP contribution in [0, 0.1) is 12.3 Å². The number of nitrogens with zero attached hydrogens (tertiary/aromatic N) is 3. The van der Waals surface area contributed by atoms with Gasteiger partial charge in [0.15, 0.2) is 12.9 Å². The SMILES string of the molecule is C#CCOC(=O)c1ccc(-n2nncc2C=O)cc1. The summed E-state index contributed by atoms with van der Waals surface area (Å²) in [5.74, 6) is 1.71. The maximum atomic E-state index is 11.5. The molecule has 0 atom stereocenters. The first kappa shape index (κ1) is 12.5. The molecule has 1 heterocycles. The number of aromatic nitrogens is 3. The summed E-state index contributed by atoms with van der Waals surface area (Å²) in [6.45, 7) is -0.0705. The second-order valence-corrected chi connectivity index (χ2v) is 3.52. The van der Waals surface area contributed by atoms with Gasteiger partial charge in [0.05, 0.1) is 17.4 Å². The maximum Gasteiger partial charge on any atom is 0.339 e. The van der Waals surface area contributed by atoms with Crippen molar-refractivity contribution in [3.05, 3.63) is 41.7 Å². The standard InChI is InChI=1S/C13H9N3O3/c1-2-7-19-13(18)10-3-5-11(6-4-10)16-12(9-17)8-14-15-16/h1,3-6,8-9H,7H2. The summed E-state index contributed by atoms with van der Waals surface area (Å²) in [5.41, 5.74) is 1.31. The zero-order valence-electron chi connectivity index (χ0n) is 9.81. The molecule has 0 saturated carbocycles. The van der Waals surface area contributed by atoms with Crippen molar-refractivity contribution in [2.24, 2.45) is 0 Å². The monoisotopic (exact) mass is 255 g/mol. The fraction of sp³-hybridized carbons (Fsp3) is 0.0769. The van der Waals surface area contributed by atoms with Crippen LogP contribution in [-0.2, 0) is 4.74 Å². The molecule has 0 unspecified atom stereocenters. The third-order valence-corrected chi connectivity index (χ3v) is 2.33. The average Bonchev–Trinajstić information content (AvgIpc) is 2.93. The molecule has 0 N–H and O–H groups in total. The second kappa shape index (κ2) is 5.60. The first-order valence-corrected chi connectivity index (χ1v) is 5.33. The van der Waals surface area contributed by atoms with Crippen molar-refractivity contribution in [3.8, 4) is 18.0 Å². The molecule has 2 aromatic rings. The number of benzene rings is 1. The van der Waals surface area contributed by atoms with Crippen molar-refractivity contribution >= 4 is 12.3 Å². The molecule has 6 heteroatoms. The largest absolute Gasteiger partial charge is 0.449 e. The molecule has 1 aromatic heterocycles. The van der Waals surface area contributed by atoms with Gasteiger partial charge in [-0.05, 0) is 24.3 Å². The maximum absolute atomic E-state index is 11.5. The molecular weight excluding hydrogens is 246 g/mol. The molecule has 1 aromatic carbocycles. The minimum Gasteiger partial charge on any atom is -0.449 e. The molecule has 0 amide bonds.